The molecule has 0 bridgehead atoms. The van der Waals surface area contributed by atoms with Crippen LogP contribution in [-0.4, -0.2) is 19.1 Å². The number of nitrogens with zero attached hydrogens (tertiary/aromatic N) is 2. The summed E-state index contributed by atoms with van der Waals surface area (Å²) in [5.74, 6) is 0.974. The fourth-order valence-electron chi connectivity index (χ4n) is 1.82. The summed E-state index contributed by atoms with van der Waals surface area (Å²) >= 11 is 1.88. The summed E-state index contributed by atoms with van der Waals surface area (Å²) in [6.07, 6.45) is 1.88. The smallest absolute Gasteiger partial charge is 0.128 e. The molecule has 0 saturated carbocycles. The maximum absolute atomic E-state index is 4.40. The van der Waals surface area contributed by atoms with Gasteiger partial charge in [-0.25, -0.2) is 4.98 Å². The number of aromatic nitrogens is 1. The van der Waals surface area contributed by atoms with Crippen molar-refractivity contribution in [1.29, 1.82) is 0 Å². The molecule has 0 unspecified atom stereocenters. The van der Waals surface area contributed by atoms with Crippen molar-refractivity contribution in [3.05, 3.63) is 40.2 Å². The number of hydrogen-bond donors (Lipinski definition) is 1. The van der Waals surface area contributed by atoms with Crippen LogP contribution in [0.15, 0.2) is 30.5 Å². The van der Waals surface area contributed by atoms with Crippen molar-refractivity contribution >= 4 is 22.8 Å². The van der Waals surface area contributed by atoms with Gasteiger partial charge >= 0.3 is 0 Å². The number of anilines is 2. The molecule has 20 heavy (non-hydrogen) atoms. The normalized spacial score (nSPS) is 11.4. The molecule has 0 saturated heterocycles. The molecule has 0 aliphatic heterocycles. The van der Waals surface area contributed by atoms with E-state index in [0.29, 0.717) is 0 Å². The Kier molecular flexibility index (Phi) is 4.33. The van der Waals surface area contributed by atoms with Crippen molar-refractivity contribution in [1.82, 2.24) is 4.98 Å². The van der Waals surface area contributed by atoms with Gasteiger partial charge < -0.3 is 10.2 Å². The van der Waals surface area contributed by atoms with Crippen molar-refractivity contribution in [2.45, 2.75) is 32.7 Å². The SMILES string of the molecule is CN(C)c1ccc(NCc2ccc(C(C)(C)C)s2)cn1. The third-order valence-electron chi connectivity index (χ3n) is 3.07. The molecule has 2 aromatic heterocycles. The highest BCUT2D eigenvalue weighted by atomic mass is 32.1. The van der Waals surface area contributed by atoms with Gasteiger partial charge in [-0.1, -0.05) is 20.8 Å². The van der Waals surface area contributed by atoms with Crippen LogP contribution in [0.5, 0.6) is 0 Å². The zero-order valence-electron chi connectivity index (χ0n) is 12.9. The molecule has 0 fully saturated rings. The van der Waals surface area contributed by atoms with Crippen LogP contribution in [0.25, 0.3) is 0 Å². The van der Waals surface area contributed by atoms with Gasteiger partial charge in [-0.15, -0.1) is 11.3 Å². The topological polar surface area (TPSA) is 28.2 Å². The molecule has 1 N–H and O–H groups in total. The Morgan fingerprint density at radius 1 is 1.15 bits per heavy atom. The summed E-state index contributed by atoms with van der Waals surface area (Å²) in [4.78, 5) is 9.18. The molecule has 0 aliphatic rings. The summed E-state index contributed by atoms with van der Waals surface area (Å²) in [5.41, 5.74) is 1.29. The van der Waals surface area contributed by atoms with Crippen LogP contribution in [0.2, 0.25) is 0 Å². The second-order valence-corrected chi connectivity index (χ2v) is 7.34. The summed E-state index contributed by atoms with van der Waals surface area (Å²) in [5, 5.41) is 3.42. The summed E-state index contributed by atoms with van der Waals surface area (Å²) in [6, 6.07) is 8.53. The minimum atomic E-state index is 0.234. The van der Waals surface area contributed by atoms with E-state index in [-0.39, 0.29) is 5.41 Å². The van der Waals surface area contributed by atoms with E-state index in [1.807, 2.05) is 42.6 Å². The van der Waals surface area contributed by atoms with Gasteiger partial charge in [0, 0.05) is 30.4 Å². The van der Waals surface area contributed by atoms with Crippen LogP contribution in [0.3, 0.4) is 0 Å². The van der Waals surface area contributed by atoms with Gasteiger partial charge in [0.25, 0.3) is 0 Å². The van der Waals surface area contributed by atoms with Gasteiger partial charge in [-0.2, -0.15) is 0 Å². The highest BCUT2D eigenvalue weighted by molar-refractivity contribution is 7.12. The first kappa shape index (κ1) is 14.9. The Labute approximate surface area is 125 Å². The zero-order chi connectivity index (χ0) is 14.8. The predicted molar refractivity (Wildman–Crippen MR) is 88.9 cm³/mol. The Morgan fingerprint density at radius 2 is 1.90 bits per heavy atom. The maximum Gasteiger partial charge on any atom is 0.128 e. The molecule has 2 rings (SSSR count). The molecule has 3 nitrogen and oxygen atoms in total. The van der Waals surface area contributed by atoms with Gasteiger partial charge in [0.15, 0.2) is 0 Å². The van der Waals surface area contributed by atoms with Crippen molar-refractivity contribution in [3.8, 4) is 0 Å². The molecule has 0 aromatic carbocycles. The zero-order valence-corrected chi connectivity index (χ0v) is 13.7. The number of hydrogen-bond acceptors (Lipinski definition) is 4. The molecule has 108 valence electrons. The largest absolute Gasteiger partial charge is 0.379 e. The number of pyridine rings is 1. The Hall–Kier alpha value is -1.55. The monoisotopic (exact) mass is 289 g/mol. The highest BCUT2D eigenvalue weighted by Crippen LogP contribution is 2.29. The van der Waals surface area contributed by atoms with E-state index >= 15 is 0 Å². The van der Waals surface area contributed by atoms with E-state index in [0.717, 1.165) is 18.1 Å². The Bertz CT molecular complexity index is 550. The van der Waals surface area contributed by atoms with Gasteiger partial charge in [-0.3, -0.25) is 0 Å². The first-order chi connectivity index (χ1) is 9.36. The third kappa shape index (κ3) is 3.73. The lowest BCUT2D eigenvalue weighted by molar-refractivity contribution is 0.604. The van der Waals surface area contributed by atoms with E-state index in [9.17, 15) is 0 Å². The quantitative estimate of drug-likeness (QED) is 0.917. The molecule has 0 aliphatic carbocycles. The lowest BCUT2D eigenvalue weighted by Gasteiger charge is -2.15. The minimum absolute atomic E-state index is 0.234. The van der Waals surface area contributed by atoms with Crippen molar-refractivity contribution in [2.24, 2.45) is 0 Å². The van der Waals surface area contributed by atoms with Crippen LogP contribution < -0.4 is 10.2 Å². The number of thiophene rings is 1. The molecule has 0 radical (unpaired) electrons. The van der Waals surface area contributed by atoms with Crippen LogP contribution in [0, 0.1) is 0 Å². The van der Waals surface area contributed by atoms with E-state index in [1.54, 1.807) is 0 Å². The highest BCUT2D eigenvalue weighted by Gasteiger charge is 2.15. The Morgan fingerprint density at radius 3 is 2.40 bits per heavy atom. The van der Waals surface area contributed by atoms with E-state index in [4.69, 9.17) is 0 Å². The average Bonchev–Trinajstić information content (AvgIpc) is 2.85. The van der Waals surface area contributed by atoms with Gasteiger partial charge in [0.2, 0.25) is 0 Å². The standard InChI is InChI=1S/C16H23N3S/c1-16(2,3)14-8-7-13(20-14)11-17-12-6-9-15(18-10-12)19(4)5/h6-10,17H,11H2,1-5H3. The maximum atomic E-state index is 4.40. The molecule has 4 heteroatoms. The predicted octanol–water partition coefficient (Wildman–Crippen LogP) is 4.12. The second-order valence-electron chi connectivity index (χ2n) is 6.17. The van der Waals surface area contributed by atoms with Gasteiger partial charge in [0.1, 0.15) is 5.82 Å². The van der Waals surface area contributed by atoms with Crippen LogP contribution >= 0.6 is 11.3 Å². The first-order valence-corrected chi connectivity index (χ1v) is 7.64. The second kappa shape index (κ2) is 5.83. The van der Waals surface area contributed by atoms with E-state index in [2.05, 4.69) is 49.3 Å². The molecule has 2 heterocycles. The molecule has 0 spiro atoms. The van der Waals surface area contributed by atoms with Crippen molar-refractivity contribution < 1.29 is 0 Å². The van der Waals surface area contributed by atoms with Crippen LogP contribution in [-0.2, 0) is 12.0 Å². The van der Waals surface area contributed by atoms with Crippen LogP contribution in [0.4, 0.5) is 11.5 Å². The fourth-order valence-corrected chi connectivity index (χ4v) is 2.83. The first-order valence-electron chi connectivity index (χ1n) is 6.83. The van der Waals surface area contributed by atoms with E-state index in [1.165, 1.54) is 9.75 Å². The van der Waals surface area contributed by atoms with Crippen molar-refractivity contribution in [3.63, 3.8) is 0 Å². The molecule has 0 atom stereocenters. The molecule has 0 amide bonds. The molecule has 2 aromatic rings. The lowest BCUT2D eigenvalue weighted by Crippen LogP contribution is -2.10. The molecular formula is C16H23N3S. The van der Waals surface area contributed by atoms with E-state index < -0.39 is 0 Å². The summed E-state index contributed by atoms with van der Waals surface area (Å²) in [7, 11) is 3.99. The third-order valence-corrected chi connectivity index (χ3v) is 4.58. The number of rotatable bonds is 4. The van der Waals surface area contributed by atoms with Crippen LogP contribution in [0.1, 0.15) is 30.5 Å². The summed E-state index contributed by atoms with van der Waals surface area (Å²) in [6.45, 7) is 7.60. The van der Waals surface area contributed by atoms with Gasteiger partial charge in [0.05, 0.1) is 11.9 Å². The number of nitrogens with one attached hydrogen (secondary N) is 1. The Balaban J connectivity index is 1.96. The minimum Gasteiger partial charge on any atom is -0.379 e. The lowest BCUT2D eigenvalue weighted by atomic mass is 9.95. The van der Waals surface area contributed by atoms with Gasteiger partial charge in [-0.05, 0) is 29.7 Å². The average molecular weight is 289 g/mol. The van der Waals surface area contributed by atoms with Crippen molar-refractivity contribution in [2.75, 3.05) is 24.3 Å². The molecular weight excluding hydrogens is 266 g/mol. The summed E-state index contributed by atoms with van der Waals surface area (Å²) < 4.78 is 0. The fraction of sp³-hybridized carbons (Fsp3) is 0.438.